The van der Waals surface area contributed by atoms with Gasteiger partial charge in [0.2, 0.25) is 0 Å². The predicted molar refractivity (Wildman–Crippen MR) is 125 cm³/mol. The van der Waals surface area contributed by atoms with Gasteiger partial charge < -0.3 is 25.4 Å². The van der Waals surface area contributed by atoms with Gasteiger partial charge in [0, 0.05) is 45.6 Å². The first kappa shape index (κ1) is 24.0. The molecule has 0 radical (unpaired) electrons. The van der Waals surface area contributed by atoms with E-state index in [1.54, 1.807) is 31.1 Å². The molecule has 0 aliphatic carbocycles. The number of carbonyl (C=O) groups is 1. The molecule has 3 heterocycles. The summed E-state index contributed by atoms with van der Waals surface area (Å²) >= 11 is 0. The number of rotatable bonds is 14. The quantitative estimate of drug-likeness (QED) is 0.382. The van der Waals surface area contributed by atoms with Crippen LogP contribution in [-0.4, -0.2) is 76.7 Å². The summed E-state index contributed by atoms with van der Waals surface area (Å²) in [5.74, 6) is 0.897. The van der Waals surface area contributed by atoms with E-state index in [4.69, 9.17) is 9.72 Å². The lowest BCUT2D eigenvalue weighted by Crippen LogP contribution is -2.37. The first-order chi connectivity index (χ1) is 15.6. The molecule has 9 nitrogen and oxygen atoms in total. The topological polar surface area (TPSA) is 105 Å². The van der Waals surface area contributed by atoms with Crippen LogP contribution >= 0.6 is 0 Å². The molecule has 0 unspecified atom stereocenters. The lowest BCUT2D eigenvalue weighted by atomic mass is 10.1. The summed E-state index contributed by atoms with van der Waals surface area (Å²) in [5.41, 5.74) is 2.45. The van der Waals surface area contributed by atoms with Gasteiger partial charge in [0.25, 0.3) is 0 Å². The molecule has 0 aromatic carbocycles. The van der Waals surface area contributed by atoms with Crippen molar-refractivity contribution in [3.8, 4) is 0 Å². The minimum Gasteiger partial charge on any atom is -0.480 e. The zero-order valence-electron chi connectivity index (χ0n) is 19.2. The molecule has 176 valence electrons. The molecule has 2 aromatic heterocycles. The number of ether oxygens (including phenoxy) is 1. The van der Waals surface area contributed by atoms with Gasteiger partial charge in [0.05, 0.1) is 12.8 Å². The zero-order valence-corrected chi connectivity index (χ0v) is 19.2. The SMILES string of the molecule is COCCN(CCCCc1ccc2c(n1)NCCC2)CC[C@H](Nc1ccnn1C)C(=O)O. The van der Waals surface area contributed by atoms with Gasteiger partial charge in [-0.3, -0.25) is 4.68 Å². The first-order valence-corrected chi connectivity index (χ1v) is 11.5. The van der Waals surface area contributed by atoms with Crippen molar-refractivity contribution in [2.75, 3.05) is 50.5 Å². The standard InChI is InChI=1S/C23H36N6O3/c1-28-21(10-13-25-28)27-20(23(30)31)11-15-29(16-17-32-2)14-4-3-7-19-9-8-18-6-5-12-24-22(18)26-19/h8-10,13,20,27H,3-7,11-12,14-17H2,1-2H3,(H,24,26)(H,30,31)/t20-/m0/s1. The van der Waals surface area contributed by atoms with Crippen molar-refractivity contribution in [1.29, 1.82) is 0 Å². The Morgan fingerprint density at radius 2 is 2.19 bits per heavy atom. The van der Waals surface area contributed by atoms with Gasteiger partial charge in [-0.2, -0.15) is 5.10 Å². The van der Waals surface area contributed by atoms with Crippen LogP contribution in [0.5, 0.6) is 0 Å². The Balaban J connectivity index is 1.45. The number of aromatic nitrogens is 3. The van der Waals surface area contributed by atoms with Crippen molar-refractivity contribution in [3.63, 3.8) is 0 Å². The summed E-state index contributed by atoms with van der Waals surface area (Å²) in [6.45, 7) is 4.02. The second kappa shape index (κ2) is 12.4. The number of carboxylic acid groups (broad SMARTS) is 1. The van der Waals surface area contributed by atoms with E-state index in [1.165, 1.54) is 12.0 Å². The van der Waals surface area contributed by atoms with Crippen molar-refractivity contribution in [2.24, 2.45) is 7.05 Å². The molecule has 0 saturated heterocycles. The Morgan fingerprint density at radius 1 is 1.31 bits per heavy atom. The molecule has 1 aliphatic heterocycles. The van der Waals surface area contributed by atoms with Gasteiger partial charge in [-0.15, -0.1) is 0 Å². The largest absolute Gasteiger partial charge is 0.480 e. The van der Waals surface area contributed by atoms with Crippen LogP contribution in [0.3, 0.4) is 0 Å². The molecule has 1 aliphatic rings. The minimum absolute atomic E-state index is 0.502. The van der Waals surface area contributed by atoms with Crippen LogP contribution in [0, 0.1) is 0 Å². The van der Waals surface area contributed by atoms with Crippen LogP contribution in [0.15, 0.2) is 24.4 Å². The summed E-state index contributed by atoms with van der Waals surface area (Å²) in [5, 5.41) is 20.2. The second-order valence-corrected chi connectivity index (χ2v) is 8.30. The number of methoxy groups -OCH3 is 1. The highest BCUT2D eigenvalue weighted by molar-refractivity contribution is 5.76. The highest BCUT2D eigenvalue weighted by Crippen LogP contribution is 2.20. The van der Waals surface area contributed by atoms with E-state index < -0.39 is 12.0 Å². The Hall–Kier alpha value is -2.65. The molecule has 1 atom stereocenters. The number of hydrogen-bond donors (Lipinski definition) is 3. The summed E-state index contributed by atoms with van der Waals surface area (Å²) in [4.78, 5) is 18.8. The summed E-state index contributed by atoms with van der Waals surface area (Å²) < 4.78 is 6.90. The number of nitrogens with one attached hydrogen (secondary N) is 2. The van der Waals surface area contributed by atoms with E-state index in [0.29, 0.717) is 25.4 Å². The van der Waals surface area contributed by atoms with E-state index in [0.717, 1.165) is 56.8 Å². The fourth-order valence-corrected chi connectivity index (χ4v) is 3.97. The maximum absolute atomic E-state index is 11.7. The normalized spacial score (nSPS) is 14.1. The van der Waals surface area contributed by atoms with Gasteiger partial charge in [0.15, 0.2) is 0 Å². The smallest absolute Gasteiger partial charge is 0.326 e. The van der Waals surface area contributed by atoms with Crippen LogP contribution in [-0.2, 0) is 29.4 Å². The first-order valence-electron chi connectivity index (χ1n) is 11.5. The number of unbranched alkanes of at least 4 members (excludes halogenated alkanes) is 1. The van der Waals surface area contributed by atoms with Gasteiger partial charge in [0.1, 0.15) is 17.7 Å². The maximum Gasteiger partial charge on any atom is 0.326 e. The Bertz CT molecular complexity index is 856. The number of nitrogens with zero attached hydrogens (tertiary/aromatic N) is 4. The molecule has 32 heavy (non-hydrogen) atoms. The van der Waals surface area contributed by atoms with E-state index in [-0.39, 0.29) is 0 Å². The van der Waals surface area contributed by atoms with Crippen LogP contribution < -0.4 is 10.6 Å². The Labute approximate surface area is 190 Å². The highest BCUT2D eigenvalue weighted by atomic mass is 16.5. The average Bonchev–Trinajstić information content (AvgIpc) is 3.20. The van der Waals surface area contributed by atoms with Crippen molar-refractivity contribution in [3.05, 3.63) is 35.7 Å². The second-order valence-electron chi connectivity index (χ2n) is 8.30. The number of fused-ring (bicyclic) bond motifs is 1. The number of carboxylic acids is 1. The lowest BCUT2D eigenvalue weighted by Gasteiger charge is -2.24. The fraction of sp³-hybridized carbons (Fsp3) is 0.609. The lowest BCUT2D eigenvalue weighted by molar-refractivity contribution is -0.138. The molecule has 0 bridgehead atoms. The van der Waals surface area contributed by atoms with Gasteiger partial charge >= 0.3 is 5.97 Å². The Kier molecular flexibility index (Phi) is 9.30. The molecule has 9 heteroatoms. The van der Waals surface area contributed by atoms with Crippen LogP contribution in [0.1, 0.15) is 36.9 Å². The van der Waals surface area contributed by atoms with Crippen molar-refractivity contribution >= 4 is 17.6 Å². The molecule has 3 N–H and O–H groups in total. The number of hydrogen-bond acceptors (Lipinski definition) is 7. The van der Waals surface area contributed by atoms with E-state index in [2.05, 4.69) is 32.8 Å². The van der Waals surface area contributed by atoms with Gasteiger partial charge in [-0.1, -0.05) is 6.07 Å². The maximum atomic E-state index is 11.7. The number of anilines is 2. The highest BCUT2D eigenvalue weighted by Gasteiger charge is 2.20. The molecule has 3 rings (SSSR count). The summed E-state index contributed by atoms with van der Waals surface area (Å²) in [7, 11) is 3.48. The molecular formula is C23H36N6O3. The fourth-order valence-electron chi connectivity index (χ4n) is 3.97. The summed E-state index contributed by atoms with van der Waals surface area (Å²) in [6, 6.07) is 5.47. The van der Waals surface area contributed by atoms with Crippen molar-refractivity contribution in [1.82, 2.24) is 19.7 Å². The molecular weight excluding hydrogens is 408 g/mol. The van der Waals surface area contributed by atoms with E-state index >= 15 is 0 Å². The average molecular weight is 445 g/mol. The molecule has 0 fully saturated rings. The van der Waals surface area contributed by atoms with Gasteiger partial charge in [-0.05, 0) is 56.7 Å². The summed E-state index contributed by atoms with van der Waals surface area (Å²) in [6.07, 6.45) is 7.46. The van der Waals surface area contributed by atoms with Crippen molar-refractivity contribution in [2.45, 2.75) is 44.6 Å². The molecule has 0 amide bonds. The number of aryl methyl sites for hydroxylation is 3. The monoisotopic (exact) mass is 444 g/mol. The van der Waals surface area contributed by atoms with Crippen molar-refractivity contribution < 1.29 is 14.6 Å². The van der Waals surface area contributed by atoms with Crippen LogP contribution in [0.4, 0.5) is 11.6 Å². The third-order valence-corrected chi connectivity index (χ3v) is 5.90. The molecule has 0 spiro atoms. The molecule has 2 aromatic rings. The van der Waals surface area contributed by atoms with E-state index in [9.17, 15) is 9.90 Å². The van der Waals surface area contributed by atoms with Crippen LogP contribution in [0.2, 0.25) is 0 Å². The third-order valence-electron chi connectivity index (χ3n) is 5.90. The number of aliphatic carboxylic acids is 1. The van der Waals surface area contributed by atoms with Crippen LogP contribution in [0.25, 0.3) is 0 Å². The predicted octanol–water partition coefficient (Wildman–Crippen LogP) is 2.40. The number of pyridine rings is 1. The third kappa shape index (κ3) is 7.20. The minimum atomic E-state index is -0.856. The van der Waals surface area contributed by atoms with Gasteiger partial charge in [-0.25, -0.2) is 9.78 Å². The molecule has 0 saturated carbocycles. The van der Waals surface area contributed by atoms with E-state index in [1.807, 2.05) is 0 Å². The Morgan fingerprint density at radius 3 is 2.94 bits per heavy atom. The zero-order chi connectivity index (χ0) is 22.8.